The monoisotopic (exact) mass is 353 g/mol. The highest BCUT2D eigenvalue weighted by atomic mass is 32.2. The van der Waals surface area contributed by atoms with Crippen molar-refractivity contribution in [3.8, 4) is 0 Å². The lowest BCUT2D eigenvalue weighted by molar-refractivity contribution is -0.132. The van der Waals surface area contributed by atoms with Crippen LogP contribution >= 0.6 is 0 Å². The number of benzene rings is 1. The molecule has 0 aliphatic carbocycles. The van der Waals surface area contributed by atoms with Crippen molar-refractivity contribution in [2.45, 2.75) is 26.3 Å². The minimum absolute atomic E-state index is 0.104. The number of rotatable bonds is 4. The molecule has 1 heterocycles. The Morgan fingerprint density at radius 3 is 2.08 bits per heavy atom. The molecule has 1 amide bonds. The van der Waals surface area contributed by atoms with Gasteiger partial charge in [0, 0.05) is 37.4 Å². The summed E-state index contributed by atoms with van der Waals surface area (Å²) < 4.78 is 25.2. The summed E-state index contributed by atoms with van der Waals surface area (Å²) in [5.74, 6) is -0.136. The highest BCUT2D eigenvalue weighted by Crippen LogP contribution is 2.19. The molecular weight excluding hydrogens is 326 g/mol. The van der Waals surface area contributed by atoms with Crippen LogP contribution in [0.25, 0.3) is 0 Å². The van der Waals surface area contributed by atoms with Crippen molar-refractivity contribution < 1.29 is 13.2 Å². The second kappa shape index (κ2) is 7.11. The van der Waals surface area contributed by atoms with E-state index in [0.717, 1.165) is 25.0 Å². The second-order valence-electron chi connectivity index (χ2n) is 7.14. The maximum atomic E-state index is 12.5. The van der Waals surface area contributed by atoms with Crippen LogP contribution in [0.15, 0.2) is 30.3 Å². The summed E-state index contributed by atoms with van der Waals surface area (Å²) in [4.78, 5) is 16.5. The van der Waals surface area contributed by atoms with Gasteiger partial charge in [-0.1, -0.05) is 18.2 Å². The predicted octanol–water partition coefficient (Wildman–Crippen LogP) is 1.40. The second-order valence-corrected chi connectivity index (χ2v) is 9.05. The molecule has 134 valence electrons. The molecule has 0 saturated carbocycles. The third-order valence-corrected chi connectivity index (χ3v) is 5.66. The van der Waals surface area contributed by atoms with E-state index >= 15 is 0 Å². The van der Waals surface area contributed by atoms with Crippen molar-refractivity contribution in [1.29, 1.82) is 0 Å². The number of anilines is 1. The van der Waals surface area contributed by atoms with Gasteiger partial charge >= 0.3 is 0 Å². The minimum Gasteiger partial charge on any atom is -0.368 e. The summed E-state index contributed by atoms with van der Waals surface area (Å²) in [6.45, 7) is 8.02. The maximum Gasteiger partial charge on any atom is 0.238 e. The predicted molar refractivity (Wildman–Crippen MR) is 96.5 cm³/mol. The summed E-state index contributed by atoms with van der Waals surface area (Å²) in [6.07, 6.45) is 1.15. The number of para-hydroxylation sites is 1. The lowest BCUT2D eigenvalue weighted by Gasteiger charge is -2.38. The Labute approximate surface area is 145 Å². The molecular formula is C17H27N3O3S. The largest absolute Gasteiger partial charge is 0.368 e. The first-order chi connectivity index (χ1) is 11.1. The van der Waals surface area contributed by atoms with Gasteiger partial charge in [-0.15, -0.1) is 0 Å². The van der Waals surface area contributed by atoms with Crippen LogP contribution in [-0.4, -0.2) is 68.0 Å². The van der Waals surface area contributed by atoms with Gasteiger partial charge in [0.15, 0.2) is 0 Å². The van der Waals surface area contributed by atoms with Crippen molar-refractivity contribution in [2.75, 3.05) is 43.9 Å². The van der Waals surface area contributed by atoms with Crippen LogP contribution < -0.4 is 4.90 Å². The highest BCUT2D eigenvalue weighted by Gasteiger charge is 2.33. The van der Waals surface area contributed by atoms with E-state index in [1.165, 1.54) is 4.31 Å². The molecule has 1 saturated heterocycles. The molecule has 1 aliphatic rings. The molecule has 1 aromatic rings. The maximum absolute atomic E-state index is 12.5. The van der Waals surface area contributed by atoms with E-state index in [1.54, 1.807) is 25.7 Å². The summed E-state index contributed by atoms with van der Waals surface area (Å²) in [5.41, 5.74) is 0.534. The van der Waals surface area contributed by atoms with Gasteiger partial charge in [0.1, 0.15) is 0 Å². The lowest BCUT2D eigenvalue weighted by atomic mass is 10.1. The fraction of sp³-hybridized carbons (Fsp3) is 0.588. The number of nitrogens with zero attached hydrogens (tertiary/aromatic N) is 3. The zero-order chi connectivity index (χ0) is 18.0. The third kappa shape index (κ3) is 4.70. The first kappa shape index (κ1) is 18.7. The van der Waals surface area contributed by atoms with Gasteiger partial charge in [0.05, 0.1) is 12.8 Å². The lowest BCUT2D eigenvalue weighted by Crippen LogP contribution is -2.54. The molecule has 6 nitrogen and oxygen atoms in total. The van der Waals surface area contributed by atoms with Gasteiger partial charge in [0.2, 0.25) is 15.9 Å². The van der Waals surface area contributed by atoms with Crippen LogP contribution in [0.4, 0.5) is 5.69 Å². The molecule has 1 fully saturated rings. The van der Waals surface area contributed by atoms with E-state index in [1.807, 2.05) is 18.2 Å². The van der Waals surface area contributed by atoms with E-state index in [2.05, 4.69) is 17.0 Å². The number of piperazine rings is 1. The molecule has 0 atom stereocenters. The molecule has 0 spiro atoms. The van der Waals surface area contributed by atoms with E-state index in [-0.39, 0.29) is 12.5 Å². The van der Waals surface area contributed by atoms with Crippen molar-refractivity contribution >= 4 is 21.6 Å². The van der Waals surface area contributed by atoms with Gasteiger partial charge in [-0.05, 0) is 32.9 Å². The number of hydrogen-bond acceptors (Lipinski definition) is 4. The summed E-state index contributed by atoms with van der Waals surface area (Å²) in [7, 11) is -3.43. The van der Waals surface area contributed by atoms with Crippen LogP contribution in [0, 0.1) is 0 Å². The zero-order valence-corrected chi connectivity index (χ0v) is 15.7. The Balaban J connectivity index is 1.97. The van der Waals surface area contributed by atoms with Crippen LogP contribution in [0.2, 0.25) is 0 Å². The van der Waals surface area contributed by atoms with Gasteiger partial charge in [-0.3, -0.25) is 4.79 Å². The number of hydrogen-bond donors (Lipinski definition) is 0. The van der Waals surface area contributed by atoms with Crippen LogP contribution in [-0.2, 0) is 14.8 Å². The molecule has 0 radical (unpaired) electrons. The summed E-state index contributed by atoms with van der Waals surface area (Å²) >= 11 is 0. The topological polar surface area (TPSA) is 60.9 Å². The minimum atomic E-state index is -3.43. The number of carbonyl (C=O) groups is 1. The van der Waals surface area contributed by atoms with Gasteiger partial charge in [-0.2, -0.15) is 4.31 Å². The molecule has 1 aliphatic heterocycles. The van der Waals surface area contributed by atoms with Crippen molar-refractivity contribution in [3.63, 3.8) is 0 Å². The summed E-state index contributed by atoms with van der Waals surface area (Å²) in [5, 5.41) is 0. The molecule has 0 unspecified atom stereocenters. The molecule has 2 rings (SSSR count). The Bertz CT molecular complexity index is 660. The van der Waals surface area contributed by atoms with E-state index in [9.17, 15) is 13.2 Å². The Kier molecular flexibility index (Phi) is 5.55. The first-order valence-electron chi connectivity index (χ1n) is 8.14. The molecule has 0 aromatic heterocycles. The molecule has 0 bridgehead atoms. The normalized spacial score (nSPS) is 16.5. The molecule has 0 N–H and O–H groups in total. The van der Waals surface area contributed by atoms with Gasteiger partial charge in [0.25, 0.3) is 0 Å². The fourth-order valence-corrected chi connectivity index (χ4v) is 4.27. The smallest absolute Gasteiger partial charge is 0.238 e. The van der Waals surface area contributed by atoms with Gasteiger partial charge < -0.3 is 9.80 Å². The van der Waals surface area contributed by atoms with E-state index in [4.69, 9.17) is 0 Å². The molecule has 7 heteroatoms. The van der Waals surface area contributed by atoms with E-state index < -0.39 is 15.6 Å². The number of carbonyl (C=O) groups excluding carboxylic acids is 1. The van der Waals surface area contributed by atoms with Crippen LogP contribution in [0.1, 0.15) is 20.8 Å². The standard InChI is InChI=1S/C17H27N3O3S/c1-17(2,3)20(24(4,22)23)14-16(21)19-12-10-18(11-13-19)15-8-6-5-7-9-15/h5-9H,10-14H2,1-4H3. The molecule has 1 aromatic carbocycles. The Morgan fingerprint density at radius 2 is 1.62 bits per heavy atom. The Morgan fingerprint density at radius 1 is 1.08 bits per heavy atom. The SMILES string of the molecule is CC(C)(C)N(CC(=O)N1CCN(c2ccccc2)CC1)S(C)(=O)=O. The Hall–Kier alpha value is -1.60. The van der Waals surface area contributed by atoms with Gasteiger partial charge in [-0.25, -0.2) is 8.42 Å². The summed E-state index contributed by atoms with van der Waals surface area (Å²) in [6, 6.07) is 10.1. The van der Waals surface area contributed by atoms with Crippen molar-refractivity contribution in [3.05, 3.63) is 30.3 Å². The van der Waals surface area contributed by atoms with Crippen molar-refractivity contribution in [2.24, 2.45) is 0 Å². The zero-order valence-electron chi connectivity index (χ0n) is 14.9. The fourth-order valence-electron chi connectivity index (χ4n) is 2.93. The average Bonchev–Trinajstić information content (AvgIpc) is 2.51. The third-order valence-electron chi connectivity index (χ3n) is 4.18. The van der Waals surface area contributed by atoms with Crippen molar-refractivity contribution in [1.82, 2.24) is 9.21 Å². The van der Waals surface area contributed by atoms with E-state index in [0.29, 0.717) is 13.1 Å². The highest BCUT2D eigenvalue weighted by molar-refractivity contribution is 7.88. The average molecular weight is 353 g/mol. The van der Waals surface area contributed by atoms with Crippen LogP contribution in [0.3, 0.4) is 0 Å². The van der Waals surface area contributed by atoms with Crippen LogP contribution in [0.5, 0.6) is 0 Å². The quantitative estimate of drug-likeness (QED) is 0.821. The molecule has 24 heavy (non-hydrogen) atoms. The number of amides is 1. The number of sulfonamides is 1. The first-order valence-corrected chi connectivity index (χ1v) is 9.99.